The highest BCUT2D eigenvalue weighted by molar-refractivity contribution is 5.97. The molecule has 0 aliphatic carbocycles. The quantitative estimate of drug-likeness (QED) is 0.703. The SMILES string of the molecule is CCn1c(C(=O)NCCc2ccc(OC)c(OC)c2)cc2oc(C)cc21. The highest BCUT2D eigenvalue weighted by atomic mass is 16.5. The number of nitrogens with one attached hydrogen (secondary N) is 1. The molecular weight excluding hydrogens is 332 g/mol. The number of rotatable bonds is 7. The molecule has 0 radical (unpaired) electrons. The summed E-state index contributed by atoms with van der Waals surface area (Å²) in [5.41, 5.74) is 3.39. The highest BCUT2D eigenvalue weighted by Crippen LogP contribution is 2.27. The number of aromatic nitrogens is 1. The van der Waals surface area contributed by atoms with E-state index >= 15 is 0 Å². The van der Waals surface area contributed by atoms with Gasteiger partial charge in [-0.1, -0.05) is 6.07 Å². The van der Waals surface area contributed by atoms with Crippen molar-refractivity contribution < 1.29 is 18.7 Å². The molecule has 3 rings (SSSR count). The molecule has 26 heavy (non-hydrogen) atoms. The van der Waals surface area contributed by atoms with Crippen LogP contribution in [0.4, 0.5) is 0 Å². The third-order valence-electron chi connectivity index (χ3n) is 4.41. The summed E-state index contributed by atoms with van der Waals surface area (Å²) in [7, 11) is 3.22. The molecular formula is C20H24N2O4. The first kappa shape index (κ1) is 17.9. The summed E-state index contributed by atoms with van der Waals surface area (Å²) in [6.45, 7) is 5.16. The third kappa shape index (κ3) is 3.40. The minimum Gasteiger partial charge on any atom is -0.493 e. The molecule has 2 heterocycles. The fourth-order valence-electron chi connectivity index (χ4n) is 3.14. The normalized spacial score (nSPS) is 10.9. The van der Waals surface area contributed by atoms with Crippen LogP contribution in [0.5, 0.6) is 11.5 Å². The molecule has 0 saturated heterocycles. The van der Waals surface area contributed by atoms with Gasteiger partial charge in [-0.15, -0.1) is 0 Å². The standard InChI is InChI=1S/C20H24N2O4/c1-5-22-15-10-13(2)26-18(15)12-16(22)20(23)21-9-8-14-6-7-17(24-3)19(11-14)25-4/h6-7,10-12H,5,8-9H2,1-4H3,(H,21,23). The lowest BCUT2D eigenvalue weighted by Gasteiger charge is -2.11. The zero-order valence-electron chi connectivity index (χ0n) is 15.6. The molecule has 0 fully saturated rings. The molecule has 3 aromatic rings. The van der Waals surface area contributed by atoms with Gasteiger partial charge in [0.1, 0.15) is 11.5 Å². The molecule has 0 aliphatic rings. The monoisotopic (exact) mass is 356 g/mol. The summed E-state index contributed by atoms with van der Waals surface area (Å²) in [6, 6.07) is 9.53. The maximum absolute atomic E-state index is 12.6. The Morgan fingerprint density at radius 3 is 2.62 bits per heavy atom. The lowest BCUT2D eigenvalue weighted by Crippen LogP contribution is -2.27. The number of aryl methyl sites for hydroxylation is 2. The van der Waals surface area contributed by atoms with Crippen molar-refractivity contribution in [2.75, 3.05) is 20.8 Å². The summed E-state index contributed by atoms with van der Waals surface area (Å²) in [5, 5.41) is 2.98. The Morgan fingerprint density at radius 1 is 1.15 bits per heavy atom. The van der Waals surface area contributed by atoms with E-state index in [4.69, 9.17) is 13.9 Å². The molecule has 6 nitrogen and oxygen atoms in total. The number of amides is 1. The molecule has 0 spiro atoms. The lowest BCUT2D eigenvalue weighted by atomic mass is 10.1. The van der Waals surface area contributed by atoms with Crippen molar-refractivity contribution in [1.29, 1.82) is 0 Å². The van der Waals surface area contributed by atoms with Gasteiger partial charge in [0.2, 0.25) is 0 Å². The minimum atomic E-state index is -0.101. The van der Waals surface area contributed by atoms with E-state index in [-0.39, 0.29) is 5.91 Å². The first-order valence-corrected chi connectivity index (χ1v) is 8.66. The van der Waals surface area contributed by atoms with Crippen LogP contribution in [-0.2, 0) is 13.0 Å². The first-order chi connectivity index (χ1) is 12.6. The van der Waals surface area contributed by atoms with Crippen molar-refractivity contribution in [2.24, 2.45) is 0 Å². The number of carbonyl (C=O) groups excluding carboxylic acids is 1. The number of nitrogens with zero attached hydrogens (tertiary/aromatic N) is 1. The fourth-order valence-corrected chi connectivity index (χ4v) is 3.14. The van der Waals surface area contributed by atoms with Crippen LogP contribution in [0.2, 0.25) is 0 Å². The summed E-state index contributed by atoms with van der Waals surface area (Å²) in [6.07, 6.45) is 0.703. The Hall–Kier alpha value is -2.89. The molecule has 1 aromatic carbocycles. The Balaban J connectivity index is 1.67. The predicted octanol–water partition coefficient (Wildman–Crippen LogP) is 3.55. The maximum Gasteiger partial charge on any atom is 0.268 e. The fraction of sp³-hybridized carbons (Fsp3) is 0.350. The maximum atomic E-state index is 12.6. The Labute approximate surface area is 152 Å². The van der Waals surface area contributed by atoms with Crippen molar-refractivity contribution in [1.82, 2.24) is 9.88 Å². The van der Waals surface area contributed by atoms with Gasteiger partial charge < -0.3 is 23.8 Å². The number of fused-ring (bicyclic) bond motifs is 1. The van der Waals surface area contributed by atoms with Gasteiger partial charge >= 0.3 is 0 Å². The lowest BCUT2D eigenvalue weighted by molar-refractivity contribution is 0.0945. The number of ether oxygens (including phenoxy) is 2. The van der Waals surface area contributed by atoms with E-state index in [0.29, 0.717) is 36.7 Å². The van der Waals surface area contributed by atoms with E-state index in [2.05, 4.69) is 5.32 Å². The van der Waals surface area contributed by atoms with E-state index < -0.39 is 0 Å². The molecule has 6 heteroatoms. The minimum absolute atomic E-state index is 0.101. The van der Waals surface area contributed by atoms with E-state index in [9.17, 15) is 4.79 Å². The smallest absolute Gasteiger partial charge is 0.268 e. The van der Waals surface area contributed by atoms with Gasteiger partial charge in [0.15, 0.2) is 17.1 Å². The number of hydrogen-bond donors (Lipinski definition) is 1. The number of methoxy groups -OCH3 is 2. The van der Waals surface area contributed by atoms with Crippen LogP contribution in [-0.4, -0.2) is 31.2 Å². The van der Waals surface area contributed by atoms with Crippen molar-refractivity contribution in [3.05, 3.63) is 47.3 Å². The zero-order valence-corrected chi connectivity index (χ0v) is 15.6. The predicted molar refractivity (Wildman–Crippen MR) is 100 cm³/mol. The number of hydrogen-bond acceptors (Lipinski definition) is 4. The average Bonchev–Trinajstić information content (AvgIpc) is 3.16. The van der Waals surface area contributed by atoms with Crippen LogP contribution in [0.15, 0.2) is 34.7 Å². The van der Waals surface area contributed by atoms with Gasteiger partial charge in [-0.3, -0.25) is 4.79 Å². The number of benzene rings is 1. The van der Waals surface area contributed by atoms with Crippen molar-refractivity contribution in [3.63, 3.8) is 0 Å². The summed E-state index contributed by atoms with van der Waals surface area (Å²) >= 11 is 0. The highest BCUT2D eigenvalue weighted by Gasteiger charge is 2.17. The molecule has 0 unspecified atom stereocenters. The average molecular weight is 356 g/mol. The summed E-state index contributed by atoms with van der Waals surface area (Å²) in [4.78, 5) is 12.6. The third-order valence-corrected chi connectivity index (χ3v) is 4.41. The van der Waals surface area contributed by atoms with E-state index in [1.54, 1.807) is 20.3 Å². The molecule has 0 bridgehead atoms. The molecule has 0 aliphatic heterocycles. The largest absolute Gasteiger partial charge is 0.493 e. The van der Waals surface area contributed by atoms with Crippen molar-refractivity contribution >= 4 is 17.0 Å². The Bertz CT molecular complexity index is 923. The van der Waals surface area contributed by atoms with E-state index in [0.717, 1.165) is 22.4 Å². The Morgan fingerprint density at radius 2 is 1.92 bits per heavy atom. The van der Waals surface area contributed by atoms with Crippen LogP contribution >= 0.6 is 0 Å². The number of carbonyl (C=O) groups is 1. The summed E-state index contributed by atoms with van der Waals surface area (Å²) < 4.78 is 18.2. The zero-order chi connectivity index (χ0) is 18.7. The molecule has 2 aromatic heterocycles. The van der Waals surface area contributed by atoms with Crippen LogP contribution in [0, 0.1) is 6.92 Å². The summed E-state index contributed by atoms with van der Waals surface area (Å²) in [5.74, 6) is 2.12. The molecule has 0 atom stereocenters. The number of furan rings is 1. The van der Waals surface area contributed by atoms with Crippen molar-refractivity contribution in [3.8, 4) is 11.5 Å². The topological polar surface area (TPSA) is 65.6 Å². The second-order valence-corrected chi connectivity index (χ2v) is 6.08. The molecule has 1 amide bonds. The van der Waals surface area contributed by atoms with Gasteiger partial charge in [-0.2, -0.15) is 0 Å². The molecule has 0 saturated carbocycles. The van der Waals surface area contributed by atoms with E-state index in [1.807, 2.05) is 42.7 Å². The molecule has 138 valence electrons. The first-order valence-electron chi connectivity index (χ1n) is 8.66. The second kappa shape index (κ2) is 7.56. The molecule has 1 N–H and O–H groups in total. The van der Waals surface area contributed by atoms with Crippen LogP contribution in [0.25, 0.3) is 11.1 Å². The van der Waals surface area contributed by atoms with Gasteiger partial charge in [-0.25, -0.2) is 0 Å². The van der Waals surface area contributed by atoms with Gasteiger partial charge in [0.05, 0.1) is 19.7 Å². The van der Waals surface area contributed by atoms with Gasteiger partial charge in [0, 0.05) is 25.2 Å². The van der Waals surface area contributed by atoms with Crippen LogP contribution in [0.3, 0.4) is 0 Å². The Kier molecular flexibility index (Phi) is 5.21. The van der Waals surface area contributed by atoms with Gasteiger partial charge in [-0.05, 0) is 38.0 Å². The van der Waals surface area contributed by atoms with Gasteiger partial charge in [0.25, 0.3) is 5.91 Å². The van der Waals surface area contributed by atoms with Crippen molar-refractivity contribution in [2.45, 2.75) is 26.8 Å². The second-order valence-electron chi connectivity index (χ2n) is 6.08. The van der Waals surface area contributed by atoms with E-state index in [1.165, 1.54) is 0 Å². The van der Waals surface area contributed by atoms with Crippen LogP contribution in [0.1, 0.15) is 28.7 Å². The van der Waals surface area contributed by atoms with Crippen LogP contribution < -0.4 is 14.8 Å².